The first-order valence-electron chi connectivity index (χ1n) is 14.6. The molecule has 33 heavy (non-hydrogen) atoms. The molecule has 2 saturated carbocycles. The minimum atomic E-state index is 0.625. The Bertz CT molecular complexity index is 828. The Hall–Kier alpha value is -0.630. The Labute approximate surface area is 207 Å². The van der Waals surface area contributed by atoms with E-state index in [2.05, 4.69) is 30.8 Å². The van der Waals surface area contributed by atoms with Gasteiger partial charge >= 0.3 is 0 Å². The van der Waals surface area contributed by atoms with Crippen molar-refractivity contribution in [3.05, 3.63) is 34.6 Å². The molecule has 6 atom stereocenters. The van der Waals surface area contributed by atoms with Gasteiger partial charge < -0.3 is 5.73 Å². The van der Waals surface area contributed by atoms with Crippen LogP contribution >= 0.6 is 11.8 Å². The maximum atomic E-state index is 6.76. The Kier molecular flexibility index (Phi) is 6.52. The van der Waals surface area contributed by atoms with E-state index in [4.69, 9.17) is 5.73 Å². The van der Waals surface area contributed by atoms with E-state index in [1.165, 1.54) is 108 Å². The Balaban J connectivity index is 1.14. The third-order valence-corrected chi connectivity index (χ3v) is 12.9. The molecule has 0 aromatic heterocycles. The van der Waals surface area contributed by atoms with Gasteiger partial charge in [0.2, 0.25) is 0 Å². The van der Waals surface area contributed by atoms with Crippen LogP contribution in [0.25, 0.3) is 0 Å². The lowest BCUT2D eigenvalue weighted by molar-refractivity contribution is 0.105. The molecule has 0 radical (unpaired) electrons. The summed E-state index contributed by atoms with van der Waals surface area (Å²) in [5.74, 6) is 3.65. The van der Waals surface area contributed by atoms with Gasteiger partial charge in [-0.2, -0.15) is 0 Å². The summed E-state index contributed by atoms with van der Waals surface area (Å²) in [6.45, 7) is 2.63. The average molecular weight is 466 g/mol. The summed E-state index contributed by atoms with van der Waals surface area (Å²) < 4.78 is 0. The van der Waals surface area contributed by atoms with Crippen molar-refractivity contribution in [1.29, 1.82) is 0 Å². The van der Waals surface area contributed by atoms with Gasteiger partial charge in [-0.3, -0.25) is 0 Å². The number of rotatable bonds is 3. The molecule has 6 unspecified atom stereocenters. The van der Waals surface area contributed by atoms with E-state index >= 15 is 0 Å². The lowest BCUT2D eigenvalue weighted by Crippen LogP contribution is -2.32. The van der Waals surface area contributed by atoms with Crippen LogP contribution in [0.3, 0.4) is 0 Å². The van der Waals surface area contributed by atoms with Crippen molar-refractivity contribution in [2.45, 2.75) is 127 Å². The van der Waals surface area contributed by atoms with Crippen LogP contribution in [0.15, 0.2) is 34.6 Å². The van der Waals surface area contributed by atoms with Crippen molar-refractivity contribution in [3.63, 3.8) is 0 Å². The van der Waals surface area contributed by atoms with Crippen molar-refractivity contribution in [2.75, 3.05) is 0 Å². The summed E-state index contributed by atoms with van der Waals surface area (Å²) in [7, 11) is 0. The molecule has 0 bridgehead atoms. The van der Waals surface area contributed by atoms with Crippen molar-refractivity contribution < 1.29 is 0 Å². The van der Waals surface area contributed by atoms with Crippen LogP contribution < -0.4 is 5.73 Å². The standard InChI is InChI=1S/C31H47NS/c1-31(18-5-2-6-19-31)24-9-7-8-23(20-24)21-12-14-22(15-13-21)29-27(32)17-16-26-25-10-3-4-11-28(25)33-30(26)29/h8,14,21,24-26,28,30H,2-7,9-13,15-20,32H2,1H3. The monoisotopic (exact) mass is 465 g/mol. The van der Waals surface area contributed by atoms with Crippen LogP contribution in [0.1, 0.15) is 116 Å². The Morgan fingerprint density at radius 3 is 2.55 bits per heavy atom. The molecule has 0 aromatic rings. The number of thioether (sulfide) groups is 1. The van der Waals surface area contributed by atoms with E-state index in [1.807, 2.05) is 5.57 Å². The van der Waals surface area contributed by atoms with Crippen LogP contribution in [-0.4, -0.2) is 10.5 Å². The van der Waals surface area contributed by atoms with Crippen LogP contribution in [-0.2, 0) is 0 Å². The van der Waals surface area contributed by atoms with Crippen LogP contribution in [0.5, 0.6) is 0 Å². The van der Waals surface area contributed by atoms with Crippen LogP contribution in [0, 0.1) is 29.1 Å². The molecule has 3 fully saturated rings. The van der Waals surface area contributed by atoms with Crippen LogP contribution in [0.4, 0.5) is 0 Å². The minimum Gasteiger partial charge on any atom is -0.402 e. The van der Waals surface area contributed by atoms with Gasteiger partial charge in [0.25, 0.3) is 0 Å². The predicted molar refractivity (Wildman–Crippen MR) is 143 cm³/mol. The van der Waals surface area contributed by atoms with Crippen molar-refractivity contribution in [3.8, 4) is 0 Å². The summed E-state index contributed by atoms with van der Waals surface area (Å²) >= 11 is 2.34. The van der Waals surface area contributed by atoms with E-state index < -0.39 is 0 Å². The third kappa shape index (κ3) is 4.30. The first-order chi connectivity index (χ1) is 16.1. The smallest absolute Gasteiger partial charge is 0.0351 e. The lowest BCUT2D eigenvalue weighted by Gasteiger charge is -2.44. The number of nitrogens with two attached hydrogens (primary N) is 1. The molecule has 182 valence electrons. The van der Waals surface area contributed by atoms with E-state index in [1.54, 1.807) is 11.1 Å². The zero-order chi connectivity index (χ0) is 22.4. The highest BCUT2D eigenvalue weighted by Gasteiger charge is 2.48. The maximum absolute atomic E-state index is 6.76. The summed E-state index contributed by atoms with van der Waals surface area (Å²) in [5, 5.41) is 1.65. The molecule has 1 nitrogen and oxygen atoms in total. The molecule has 5 aliphatic carbocycles. The fourth-order valence-electron chi connectivity index (χ4n) is 9.03. The predicted octanol–water partition coefficient (Wildman–Crippen LogP) is 8.71. The molecular weight excluding hydrogens is 418 g/mol. The summed E-state index contributed by atoms with van der Waals surface area (Å²) in [5.41, 5.74) is 13.8. The van der Waals surface area contributed by atoms with Gasteiger partial charge in [0, 0.05) is 16.2 Å². The van der Waals surface area contributed by atoms with Gasteiger partial charge in [0.15, 0.2) is 0 Å². The maximum Gasteiger partial charge on any atom is 0.0351 e. The topological polar surface area (TPSA) is 26.0 Å². The second-order valence-electron chi connectivity index (χ2n) is 12.9. The second-order valence-corrected chi connectivity index (χ2v) is 14.2. The molecule has 1 saturated heterocycles. The first kappa shape index (κ1) is 22.8. The summed E-state index contributed by atoms with van der Waals surface area (Å²) in [4.78, 5) is 0. The van der Waals surface area contributed by atoms with Crippen molar-refractivity contribution in [2.24, 2.45) is 34.8 Å². The molecule has 6 rings (SSSR count). The molecule has 0 spiro atoms. The Morgan fingerprint density at radius 2 is 1.73 bits per heavy atom. The van der Waals surface area contributed by atoms with Crippen molar-refractivity contribution >= 4 is 11.8 Å². The first-order valence-corrected chi connectivity index (χ1v) is 15.6. The van der Waals surface area contributed by atoms with Gasteiger partial charge in [0.1, 0.15) is 0 Å². The summed E-state index contributed by atoms with van der Waals surface area (Å²) in [6.07, 6.45) is 29.2. The van der Waals surface area contributed by atoms with Crippen molar-refractivity contribution in [1.82, 2.24) is 0 Å². The minimum absolute atomic E-state index is 0.625. The molecule has 2 N–H and O–H groups in total. The average Bonchev–Trinajstić information content (AvgIpc) is 3.23. The SMILES string of the molecule is CC1(C2CCC=C(C3CC=C(C4=C(N)CCC5C4SC4CCCCC45)CC3)C2)CCCCC1. The van der Waals surface area contributed by atoms with E-state index in [0.717, 1.165) is 40.6 Å². The largest absolute Gasteiger partial charge is 0.402 e. The lowest BCUT2D eigenvalue weighted by atomic mass is 9.61. The van der Waals surface area contributed by atoms with Gasteiger partial charge in [-0.1, -0.05) is 56.8 Å². The zero-order valence-electron chi connectivity index (χ0n) is 21.1. The second kappa shape index (κ2) is 9.44. The highest BCUT2D eigenvalue weighted by Crippen LogP contribution is 2.57. The van der Waals surface area contributed by atoms with Crippen LogP contribution in [0.2, 0.25) is 0 Å². The molecule has 6 aliphatic rings. The quantitative estimate of drug-likeness (QED) is 0.422. The zero-order valence-corrected chi connectivity index (χ0v) is 21.9. The number of hydrogen-bond acceptors (Lipinski definition) is 2. The highest BCUT2D eigenvalue weighted by molar-refractivity contribution is 8.01. The molecule has 2 heteroatoms. The van der Waals surface area contributed by atoms with Gasteiger partial charge in [-0.05, 0) is 117 Å². The number of fused-ring (bicyclic) bond motifs is 3. The summed E-state index contributed by atoms with van der Waals surface area (Å²) in [6, 6.07) is 0. The van der Waals surface area contributed by atoms with E-state index in [9.17, 15) is 0 Å². The normalized spacial score (nSPS) is 41.1. The fraction of sp³-hybridized carbons (Fsp3) is 0.806. The highest BCUT2D eigenvalue weighted by atomic mass is 32.2. The van der Waals surface area contributed by atoms with E-state index in [0.29, 0.717) is 5.41 Å². The van der Waals surface area contributed by atoms with Gasteiger partial charge in [-0.15, -0.1) is 11.8 Å². The number of hydrogen-bond donors (Lipinski definition) is 1. The molecule has 0 amide bonds. The fourth-order valence-corrected chi connectivity index (χ4v) is 11.2. The van der Waals surface area contributed by atoms with Gasteiger partial charge in [0.05, 0.1) is 0 Å². The number of allylic oxidation sites excluding steroid dienone is 5. The molecular formula is C31H47NS. The molecule has 1 heterocycles. The molecule has 0 aromatic carbocycles. The Morgan fingerprint density at radius 1 is 0.879 bits per heavy atom. The third-order valence-electron chi connectivity index (χ3n) is 11.1. The van der Waals surface area contributed by atoms with Gasteiger partial charge in [-0.25, -0.2) is 0 Å². The van der Waals surface area contributed by atoms with E-state index in [-0.39, 0.29) is 0 Å². The molecule has 1 aliphatic heterocycles.